The molecule has 0 aliphatic carbocycles. The molecule has 19 heavy (non-hydrogen) atoms. The van der Waals surface area contributed by atoms with Crippen LogP contribution in [0.4, 0.5) is 5.69 Å². The normalized spacial score (nSPS) is 11.9. The molecule has 0 fully saturated rings. The highest BCUT2D eigenvalue weighted by Gasteiger charge is 2.06. The van der Waals surface area contributed by atoms with Gasteiger partial charge in [0.1, 0.15) is 5.75 Å². The summed E-state index contributed by atoms with van der Waals surface area (Å²) >= 11 is 0. The number of benzene rings is 1. The number of nitrogen functional groups attached to an aromatic ring is 1. The average Bonchev–Trinajstić information content (AvgIpc) is 2.37. The lowest BCUT2D eigenvalue weighted by Gasteiger charge is -2.09. The van der Waals surface area contributed by atoms with Crippen molar-refractivity contribution in [1.29, 1.82) is 0 Å². The molecule has 5 heteroatoms. The molecule has 0 bridgehead atoms. The second-order valence-corrected chi connectivity index (χ2v) is 4.46. The van der Waals surface area contributed by atoms with Gasteiger partial charge in [-0.25, -0.2) is 0 Å². The van der Waals surface area contributed by atoms with Crippen LogP contribution in [0.5, 0.6) is 5.75 Å². The molecular weight excluding hydrogens is 244 g/mol. The highest BCUT2D eigenvalue weighted by atomic mass is 16.5. The van der Waals surface area contributed by atoms with Gasteiger partial charge >= 0.3 is 0 Å². The summed E-state index contributed by atoms with van der Waals surface area (Å²) in [4.78, 5) is 11.5. The predicted molar refractivity (Wildman–Crippen MR) is 75.0 cm³/mol. The van der Waals surface area contributed by atoms with Crippen LogP contribution in [-0.4, -0.2) is 30.3 Å². The Bertz CT molecular complexity index is 419. The minimum absolute atomic E-state index is 0.0756. The van der Waals surface area contributed by atoms with Crippen molar-refractivity contribution in [1.82, 2.24) is 5.32 Å². The van der Waals surface area contributed by atoms with E-state index in [1.807, 2.05) is 25.1 Å². The number of anilines is 1. The molecule has 1 rings (SSSR count). The summed E-state index contributed by atoms with van der Waals surface area (Å²) in [6.07, 6.45) is 0.465. The van der Waals surface area contributed by atoms with Crippen molar-refractivity contribution in [3.63, 3.8) is 0 Å². The number of aryl methyl sites for hydroxylation is 1. The van der Waals surface area contributed by atoms with Crippen LogP contribution >= 0.6 is 0 Å². The van der Waals surface area contributed by atoms with E-state index in [0.717, 1.165) is 5.56 Å². The molecule has 0 aliphatic heterocycles. The minimum Gasteiger partial charge on any atom is -0.492 e. The van der Waals surface area contributed by atoms with Crippen molar-refractivity contribution >= 4 is 11.6 Å². The molecule has 0 aliphatic rings. The first kappa shape index (κ1) is 15.3. The van der Waals surface area contributed by atoms with Crippen LogP contribution in [0.3, 0.4) is 0 Å². The Balaban J connectivity index is 2.45. The summed E-state index contributed by atoms with van der Waals surface area (Å²) < 4.78 is 5.35. The Kier molecular flexibility index (Phi) is 6.15. The van der Waals surface area contributed by atoms with Gasteiger partial charge in [0.2, 0.25) is 5.91 Å². The van der Waals surface area contributed by atoms with Crippen LogP contribution in [0.25, 0.3) is 0 Å². The highest BCUT2D eigenvalue weighted by Crippen LogP contribution is 2.23. The number of hydrogen-bond acceptors (Lipinski definition) is 4. The van der Waals surface area contributed by atoms with E-state index < -0.39 is 6.10 Å². The molecule has 4 N–H and O–H groups in total. The molecular formula is C14H22N2O3. The number of aliphatic hydroxyl groups excluding tert-OH is 1. The number of carbonyl (C=O) groups is 1. The smallest absolute Gasteiger partial charge is 0.220 e. The molecule has 0 radical (unpaired) electrons. The van der Waals surface area contributed by atoms with Crippen LogP contribution in [0.15, 0.2) is 18.2 Å². The number of ether oxygens (including phenoxy) is 1. The Labute approximate surface area is 113 Å². The van der Waals surface area contributed by atoms with Crippen LogP contribution in [-0.2, 0) is 11.2 Å². The lowest BCUT2D eigenvalue weighted by atomic mass is 10.1. The second kappa shape index (κ2) is 7.63. The number of nitrogens with two attached hydrogens (primary N) is 1. The molecule has 106 valence electrons. The predicted octanol–water partition coefficient (Wildman–Crippen LogP) is 1.10. The molecule has 1 atom stereocenters. The fourth-order valence-corrected chi connectivity index (χ4v) is 1.65. The lowest BCUT2D eigenvalue weighted by Crippen LogP contribution is -2.30. The fourth-order valence-electron chi connectivity index (χ4n) is 1.65. The molecule has 0 heterocycles. The van der Waals surface area contributed by atoms with Gasteiger partial charge in [0, 0.05) is 13.0 Å². The van der Waals surface area contributed by atoms with Crippen LogP contribution < -0.4 is 15.8 Å². The number of aliphatic hydroxyl groups is 1. The van der Waals surface area contributed by atoms with Gasteiger partial charge in [0.25, 0.3) is 0 Å². The Morgan fingerprint density at radius 1 is 1.53 bits per heavy atom. The van der Waals surface area contributed by atoms with E-state index >= 15 is 0 Å². The second-order valence-electron chi connectivity index (χ2n) is 4.46. The molecule has 5 nitrogen and oxygen atoms in total. The van der Waals surface area contributed by atoms with Gasteiger partial charge in [-0.2, -0.15) is 0 Å². The summed E-state index contributed by atoms with van der Waals surface area (Å²) in [7, 11) is 0. The van der Waals surface area contributed by atoms with Crippen molar-refractivity contribution in [3.05, 3.63) is 23.8 Å². The molecule has 0 spiro atoms. The third-order valence-electron chi connectivity index (χ3n) is 2.61. The van der Waals surface area contributed by atoms with Gasteiger partial charge in [-0.1, -0.05) is 6.07 Å². The number of carbonyl (C=O) groups excluding carboxylic acids is 1. The number of amides is 1. The number of nitrogens with one attached hydrogen (secondary N) is 1. The van der Waals surface area contributed by atoms with Crippen LogP contribution in [0.2, 0.25) is 0 Å². The molecule has 0 saturated heterocycles. The van der Waals surface area contributed by atoms with Crippen molar-refractivity contribution in [2.24, 2.45) is 0 Å². The van der Waals surface area contributed by atoms with E-state index in [0.29, 0.717) is 30.9 Å². The molecule has 0 aromatic heterocycles. The molecule has 1 aromatic carbocycles. The SMILES string of the molecule is CCOc1ccc(CCC(=O)NCC(C)O)cc1N. The largest absolute Gasteiger partial charge is 0.492 e. The van der Waals surface area contributed by atoms with E-state index in [9.17, 15) is 4.79 Å². The highest BCUT2D eigenvalue weighted by molar-refractivity contribution is 5.76. The third-order valence-corrected chi connectivity index (χ3v) is 2.61. The first-order valence-electron chi connectivity index (χ1n) is 6.49. The van der Waals surface area contributed by atoms with Gasteiger partial charge in [0.05, 0.1) is 18.4 Å². The molecule has 1 amide bonds. The summed E-state index contributed by atoms with van der Waals surface area (Å²) in [6.45, 7) is 4.39. The van der Waals surface area contributed by atoms with Crippen molar-refractivity contribution in [2.75, 3.05) is 18.9 Å². The van der Waals surface area contributed by atoms with E-state index in [1.54, 1.807) is 6.92 Å². The van der Waals surface area contributed by atoms with Gasteiger partial charge < -0.3 is 20.9 Å². The Morgan fingerprint density at radius 2 is 2.26 bits per heavy atom. The minimum atomic E-state index is -0.523. The summed E-state index contributed by atoms with van der Waals surface area (Å²) in [5, 5.41) is 11.7. The summed E-state index contributed by atoms with van der Waals surface area (Å²) in [6, 6.07) is 5.55. The first-order chi connectivity index (χ1) is 9.02. The van der Waals surface area contributed by atoms with Crippen molar-refractivity contribution < 1.29 is 14.6 Å². The standard InChI is InChI=1S/C14H22N2O3/c1-3-19-13-6-4-11(8-12(13)15)5-7-14(18)16-9-10(2)17/h4,6,8,10,17H,3,5,7,9,15H2,1-2H3,(H,16,18). The maximum absolute atomic E-state index is 11.5. The van der Waals surface area contributed by atoms with Gasteiger partial charge in [0.15, 0.2) is 0 Å². The Hall–Kier alpha value is -1.75. The zero-order valence-corrected chi connectivity index (χ0v) is 11.5. The number of rotatable bonds is 7. The lowest BCUT2D eigenvalue weighted by molar-refractivity contribution is -0.121. The van der Waals surface area contributed by atoms with Crippen molar-refractivity contribution in [3.8, 4) is 5.75 Å². The summed E-state index contributed by atoms with van der Waals surface area (Å²) in [5.41, 5.74) is 7.43. The summed E-state index contributed by atoms with van der Waals surface area (Å²) in [5.74, 6) is 0.596. The monoisotopic (exact) mass is 266 g/mol. The fraction of sp³-hybridized carbons (Fsp3) is 0.500. The maximum Gasteiger partial charge on any atom is 0.220 e. The van der Waals surface area contributed by atoms with Crippen LogP contribution in [0.1, 0.15) is 25.8 Å². The van der Waals surface area contributed by atoms with E-state index in [2.05, 4.69) is 5.32 Å². The van der Waals surface area contributed by atoms with Gasteiger partial charge in [-0.15, -0.1) is 0 Å². The third kappa shape index (κ3) is 5.61. The van der Waals surface area contributed by atoms with Gasteiger partial charge in [-0.3, -0.25) is 4.79 Å². The Morgan fingerprint density at radius 3 is 2.84 bits per heavy atom. The van der Waals surface area contributed by atoms with E-state index in [1.165, 1.54) is 0 Å². The maximum atomic E-state index is 11.5. The molecule has 0 saturated carbocycles. The topological polar surface area (TPSA) is 84.6 Å². The van der Waals surface area contributed by atoms with E-state index in [4.69, 9.17) is 15.6 Å². The first-order valence-corrected chi connectivity index (χ1v) is 6.49. The molecule has 1 unspecified atom stereocenters. The van der Waals surface area contributed by atoms with Crippen molar-refractivity contribution in [2.45, 2.75) is 32.8 Å². The quantitative estimate of drug-likeness (QED) is 0.645. The zero-order chi connectivity index (χ0) is 14.3. The zero-order valence-electron chi connectivity index (χ0n) is 11.5. The van der Waals surface area contributed by atoms with Gasteiger partial charge in [-0.05, 0) is 38.0 Å². The average molecular weight is 266 g/mol. The molecule has 1 aromatic rings. The van der Waals surface area contributed by atoms with Crippen LogP contribution in [0, 0.1) is 0 Å². The number of hydrogen-bond donors (Lipinski definition) is 3. The van der Waals surface area contributed by atoms with E-state index in [-0.39, 0.29) is 12.5 Å².